The number of fused-ring (bicyclic) bond motifs is 1. The second-order valence-electron chi connectivity index (χ2n) is 5.99. The molecule has 0 aliphatic carbocycles. The first-order valence-corrected chi connectivity index (χ1v) is 9.53. The van der Waals surface area contributed by atoms with E-state index in [0.717, 1.165) is 22.8 Å². The fourth-order valence-electron chi connectivity index (χ4n) is 3.13. The highest BCUT2D eigenvalue weighted by atomic mass is 32.1. The van der Waals surface area contributed by atoms with Gasteiger partial charge in [-0.1, -0.05) is 36.4 Å². The van der Waals surface area contributed by atoms with E-state index in [-0.39, 0.29) is 0 Å². The highest BCUT2D eigenvalue weighted by Crippen LogP contribution is 2.27. The van der Waals surface area contributed by atoms with Gasteiger partial charge in [0.05, 0.1) is 18.5 Å². The summed E-state index contributed by atoms with van der Waals surface area (Å²) in [5, 5.41) is 4.57. The quantitative estimate of drug-likeness (QED) is 0.463. The van der Waals surface area contributed by atoms with E-state index >= 15 is 0 Å². The van der Waals surface area contributed by atoms with Crippen molar-refractivity contribution in [2.24, 2.45) is 4.99 Å². The summed E-state index contributed by atoms with van der Waals surface area (Å²) in [6.45, 7) is 3.02. The van der Waals surface area contributed by atoms with Crippen LogP contribution in [0.25, 0.3) is 22.0 Å². The van der Waals surface area contributed by atoms with Crippen molar-refractivity contribution < 1.29 is 4.74 Å². The number of benzene rings is 3. The van der Waals surface area contributed by atoms with Crippen LogP contribution >= 0.6 is 11.3 Å². The van der Waals surface area contributed by atoms with E-state index in [1.54, 1.807) is 18.4 Å². The minimum Gasteiger partial charge on any atom is -0.497 e. The van der Waals surface area contributed by atoms with E-state index in [1.165, 1.54) is 22.0 Å². The van der Waals surface area contributed by atoms with Crippen LogP contribution in [0.2, 0.25) is 0 Å². The van der Waals surface area contributed by atoms with Crippen molar-refractivity contribution in [3.05, 3.63) is 76.9 Å². The van der Waals surface area contributed by atoms with E-state index in [9.17, 15) is 0 Å². The molecule has 0 unspecified atom stereocenters. The molecule has 0 amide bonds. The van der Waals surface area contributed by atoms with Crippen molar-refractivity contribution in [1.82, 2.24) is 4.57 Å². The van der Waals surface area contributed by atoms with Crippen molar-refractivity contribution in [1.29, 1.82) is 0 Å². The van der Waals surface area contributed by atoms with Crippen molar-refractivity contribution in [2.75, 3.05) is 7.11 Å². The Bertz CT molecular complexity index is 1100. The maximum absolute atomic E-state index is 5.26. The van der Waals surface area contributed by atoms with Crippen LogP contribution < -0.4 is 9.54 Å². The lowest BCUT2D eigenvalue weighted by molar-refractivity contribution is 0.415. The van der Waals surface area contributed by atoms with Gasteiger partial charge in [0, 0.05) is 17.3 Å². The molecule has 0 spiro atoms. The van der Waals surface area contributed by atoms with Crippen LogP contribution in [0.3, 0.4) is 0 Å². The van der Waals surface area contributed by atoms with Gasteiger partial charge in [-0.15, -0.1) is 11.3 Å². The first-order valence-electron chi connectivity index (χ1n) is 8.65. The predicted octanol–water partition coefficient (Wildman–Crippen LogP) is 5.63. The third-order valence-corrected chi connectivity index (χ3v) is 5.35. The molecule has 3 nitrogen and oxygen atoms in total. The van der Waals surface area contributed by atoms with Gasteiger partial charge in [-0.25, -0.2) is 4.99 Å². The molecule has 0 aliphatic rings. The van der Waals surface area contributed by atoms with Crippen LogP contribution in [0.1, 0.15) is 6.92 Å². The Morgan fingerprint density at radius 2 is 1.73 bits per heavy atom. The normalized spacial score (nSPS) is 11.8. The van der Waals surface area contributed by atoms with Crippen molar-refractivity contribution in [3.8, 4) is 17.0 Å². The number of aromatic nitrogens is 1. The summed E-state index contributed by atoms with van der Waals surface area (Å²) < 4.78 is 7.52. The Balaban J connectivity index is 1.84. The summed E-state index contributed by atoms with van der Waals surface area (Å²) in [7, 11) is 1.69. The minimum absolute atomic E-state index is 0.868. The zero-order valence-electron chi connectivity index (χ0n) is 14.8. The molecular weight excluding hydrogens is 340 g/mol. The lowest BCUT2D eigenvalue weighted by Crippen LogP contribution is -2.14. The van der Waals surface area contributed by atoms with E-state index in [0.29, 0.717) is 0 Å². The van der Waals surface area contributed by atoms with Gasteiger partial charge >= 0.3 is 0 Å². The zero-order chi connectivity index (χ0) is 17.9. The number of hydrogen-bond donors (Lipinski definition) is 0. The molecule has 0 aliphatic heterocycles. The fourth-order valence-corrected chi connectivity index (χ4v) is 4.11. The molecule has 130 valence electrons. The SMILES string of the molecule is CCn1c(-c2ccc(OC)cc2)csc1=Nc1cccc2ccccc12. The van der Waals surface area contributed by atoms with Crippen LogP contribution in [0.15, 0.2) is 77.1 Å². The molecule has 4 aromatic rings. The third-order valence-electron chi connectivity index (χ3n) is 4.48. The summed E-state index contributed by atoms with van der Waals surface area (Å²) in [5.41, 5.74) is 3.36. The van der Waals surface area contributed by atoms with E-state index in [4.69, 9.17) is 9.73 Å². The molecule has 1 heterocycles. The Kier molecular flexibility index (Phi) is 4.59. The summed E-state index contributed by atoms with van der Waals surface area (Å²) >= 11 is 1.67. The average Bonchev–Trinajstić information content (AvgIpc) is 3.11. The summed E-state index contributed by atoms with van der Waals surface area (Å²) in [4.78, 5) is 5.99. The standard InChI is InChI=1S/C22H20N2OS/c1-3-24-21(17-11-13-18(25-2)14-12-17)15-26-22(24)23-20-10-6-8-16-7-4-5-9-19(16)20/h4-15H,3H2,1-2H3. The van der Waals surface area contributed by atoms with Gasteiger partial charge in [-0.3, -0.25) is 0 Å². The van der Waals surface area contributed by atoms with Gasteiger partial charge < -0.3 is 9.30 Å². The molecule has 0 saturated heterocycles. The van der Waals surface area contributed by atoms with Crippen molar-refractivity contribution >= 4 is 27.8 Å². The van der Waals surface area contributed by atoms with Gasteiger partial charge in [0.2, 0.25) is 0 Å². The molecule has 0 atom stereocenters. The van der Waals surface area contributed by atoms with E-state index < -0.39 is 0 Å². The molecule has 4 heteroatoms. The molecule has 26 heavy (non-hydrogen) atoms. The van der Waals surface area contributed by atoms with E-state index in [1.807, 2.05) is 12.1 Å². The van der Waals surface area contributed by atoms with Crippen LogP contribution in [0.5, 0.6) is 5.75 Å². The summed E-state index contributed by atoms with van der Waals surface area (Å²) in [6, 6.07) is 22.8. The topological polar surface area (TPSA) is 26.5 Å². The highest BCUT2D eigenvalue weighted by molar-refractivity contribution is 7.07. The number of ether oxygens (including phenoxy) is 1. The lowest BCUT2D eigenvalue weighted by Gasteiger charge is -2.07. The third kappa shape index (κ3) is 3.04. The lowest BCUT2D eigenvalue weighted by atomic mass is 10.1. The number of methoxy groups -OCH3 is 1. The molecular formula is C22H20N2OS. The predicted molar refractivity (Wildman–Crippen MR) is 109 cm³/mol. The summed E-state index contributed by atoms with van der Waals surface area (Å²) in [5.74, 6) is 0.868. The van der Waals surface area contributed by atoms with Gasteiger partial charge in [-0.2, -0.15) is 0 Å². The first-order chi connectivity index (χ1) is 12.8. The molecule has 3 aromatic carbocycles. The van der Waals surface area contributed by atoms with Gasteiger partial charge in [0.1, 0.15) is 5.75 Å². The minimum atomic E-state index is 0.868. The van der Waals surface area contributed by atoms with Crippen LogP contribution in [-0.4, -0.2) is 11.7 Å². The highest BCUT2D eigenvalue weighted by Gasteiger charge is 2.08. The van der Waals surface area contributed by atoms with Gasteiger partial charge in [-0.05, 0) is 48.2 Å². The second kappa shape index (κ2) is 7.18. The molecule has 4 rings (SSSR count). The number of nitrogens with zero attached hydrogens (tertiary/aromatic N) is 2. The fraction of sp³-hybridized carbons (Fsp3) is 0.136. The monoisotopic (exact) mass is 360 g/mol. The smallest absolute Gasteiger partial charge is 0.190 e. The molecule has 1 aromatic heterocycles. The van der Waals surface area contributed by atoms with Crippen LogP contribution in [-0.2, 0) is 6.54 Å². The Labute approximate surface area is 156 Å². The Hall–Kier alpha value is -2.85. The van der Waals surface area contributed by atoms with Crippen molar-refractivity contribution in [2.45, 2.75) is 13.5 Å². The first kappa shape index (κ1) is 16.6. The van der Waals surface area contributed by atoms with Gasteiger partial charge in [0.15, 0.2) is 4.80 Å². The van der Waals surface area contributed by atoms with Crippen molar-refractivity contribution in [3.63, 3.8) is 0 Å². The van der Waals surface area contributed by atoms with Crippen LogP contribution in [0.4, 0.5) is 5.69 Å². The molecule has 0 saturated carbocycles. The number of rotatable bonds is 4. The number of hydrogen-bond acceptors (Lipinski definition) is 3. The molecule has 0 bridgehead atoms. The zero-order valence-corrected chi connectivity index (χ0v) is 15.7. The molecule has 0 radical (unpaired) electrons. The summed E-state index contributed by atoms with van der Waals surface area (Å²) in [6.07, 6.45) is 0. The number of thiazole rings is 1. The Morgan fingerprint density at radius 1 is 0.962 bits per heavy atom. The van der Waals surface area contributed by atoms with Gasteiger partial charge in [0.25, 0.3) is 0 Å². The maximum Gasteiger partial charge on any atom is 0.190 e. The van der Waals surface area contributed by atoms with Crippen LogP contribution in [0, 0.1) is 0 Å². The largest absolute Gasteiger partial charge is 0.497 e. The van der Waals surface area contributed by atoms with E-state index in [2.05, 4.69) is 71.5 Å². The molecule has 0 N–H and O–H groups in total. The molecule has 0 fully saturated rings. The maximum atomic E-state index is 5.26. The second-order valence-corrected chi connectivity index (χ2v) is 6.82. The average molecular weight is 360 g/mol. The Morgan fingerprint density at radius 3 is 2.50 bits per heavy atom.